The van der Waals surface area contributed by atoms with Crippen LogP contribution in [0.5, 0.6) is 0 Å². The van der Waals surface area contributed by atoms with Crippen molar-refractivity contribution in [2.24, 2.45) is 0 Å². The third-order valence-electron chi connectivity index (χ3n) is 3.11. The van der Waals surface area contributed by atoms with Gasteiger partial charge in [-0.3, -0.25) is 4.79 Å². The van der Waals surface area contributed by atoms with Gasteiger partial charge in [-0.25, -0.2) is 0 Å². The quantitative estimate of drug-likeness (QED) is 0.772. The van der Waals surface area contributed by atoms with Crippen molar-refractivity contribution in [1.29, 1.82) is 0 Å². The van der Waals surface area contributed by atoms with Gasteiger partial charge in [0.15, 0.2) is 0 Å². The van der Waals surface area contributed by atoms with Gasteiger partial charge in [-0.2, -0.15) is 0 Å². The molecular formula is C10H20Cl2N2O2. The van der Waals surface area contributed by atoms with Crippen LogP contribution in [0.1, 0.15) is 12.8 Å². The second-order valence-corrected chi connectivity index (χ2v) is 4.41. The summed E-state index contributed by atoms with van der Waals surface area (Å²) in [5.74, 6) is -0.0793. The van der Waals surface area contributed by atoms with E-state index in [0.29, 0.717) is 6.54 Å². The summed E-state index contributed by atoms with van der Waals surface area (Å²) in [4.78, 5) is 13.3. The third kappa shape index (κ3) is 4.09. The van der Waals surface area contributed by atoms with E-state index in [1.54, 1.807) is 0 Å². The average molecular weight is 271 g/mol. The fourth-order valence-corrected chi connectivity index (χ4v) is 1.94. The highest BCUT2D eigenvalue weighted by Gasteiger charge is 2.34. The topological polar surface area (TPSA) is 41.6 Å². The molecule has 1 aliphatic rings. The van der Waals surface area contributed by atoms with Gasteiger partial charge in [-0.1, -0.05) is 0 Å². The van der Waals surface area contributed by atoms with Crippen molar-refractivity contribution in [3.63, 3.8) is 0 Å². The molecule has 0 aromatic rings. The summed E-state index contributed by atoms with van der Waals surface area (Å²) in [6.45, 7) is 2.17. The van der Waals surface area contributed by atoms with Gasteiger partial charge in [0.05, 0.1) is 0 Å². The van der Waals surface area contributed by atoms with E-state index in [1.807, 2.05) is 14.1 Å². The summed E-state index contributed by atoms with van der Waals surface area (Å²) in [5.41, 5.74) is 0.0277. The molecule has 16 heavy (non-hydrogen) atoms. The Morgan fingerprint density at radius 2 is 2.00 bits per heavy atom. The molecule has 0 saturated carbocycles. The van der Waals surface area contributed by atoms with E-state index in [9.17, 15) is 4.79 Å². The summed E-state index contributed by atoms with van der Waals surface area (Å²) in [7, 11) is 4.08. The minimum absolute atomic E-state index is 0. The van der Waals surface area contributed by atoms with Crippen molar-refractivity contribution in [3.8, 4) is 0 Å². The molecule has 0 atom stereocenters. The van der Waals surface area contributed by atoms with E-state index >= 15 is 0 Å². The van der Waals surface area contributed by atoms with Crippen molar-refractivity contribution < 1.29 is 9.53 Å². The van der Waals surface area contributed by atoms with Crippen LogP contribution in [0.25, 0.3) is 0 Å². The lowest BCUT2D eigenvalue weighted by atomic mass is 9.88. The summed E-state index contributed by atoms with van der Waals surface area (Å²) >= 11 is 5.44. The number of rotatable bonds is 4. The standard InChI is InChI=1S/C10H19ClN2O2.ClH/c1-13(2)10(3-5-15-6-4-10)8-12-9(14)7-11;/h3-8H2,1-2H3,(H,12,14);1H. The maximum Gasteiger partial charge on any atom is 0.234 e. The van der Waals surface area contributed by atoms with Crippen molar-refractivity contribution in [2.45, 2.75) is 18.4 Å². The molecule has 96 valence electrons. The molecule has 1 amide bonds. The molecule has 6 heteroatoms. The Balaban J connectivity index is 0.00000225. The van der Waals surface area contributed by atoms with Gasteiger partial charge in [0, 0.05) is 25.3 Å². The summed E-state index contributed by atoms with van der Waals surface area (Å²) in [5, 5.41) is 2.86. The second-order valence-electron chi connectivity index (χ2n) is 4.14. The van der Waals surface area contributed by atoms with Crippen molar-refractivity contribution in [2.75, 3.05) is 39.7 Å². The molecule has 0 aliphatic carbocycles. The molecule has 1 heterocycles. The normalized spacial score (nSPS) is 19.0. The number of alkyl halides is 1. The first-order valence-corrected chi connectivity index (χ1v) is 5.72. The number of carbonyl (C=O) groups excluding carboxylic acids is 1. The van der Waals surface area contributed by atoms with Gasteiger partial charge in [0.2, 0.25) is 5.91 Å². The van der Waals surface area contributed by atoms with Crippen LogP contribution in [-0.4, -0.2) is 56.1 Å². The fourth-order valence-electron chi connectivity index (χ4n) is 1.84. The SMILES string of the molecule is CN(C)C1(CNC(=O)CCl)CCOCC1.Cl. The molecule has 1 saturated heterocycles. The van der Waals surface area contributed by atoms with E-state index in [0.717, 1.165) is 26.1 Å². The molecule has 0 aromatic heterocycles. The molecule has 0 aromatic carbocycles. The molecule has 0 bridgehead atoms. The molecule has 0 spiro atoms. The van der Waals surface area contributed by atoms with Crippen molar-refractivity contribution in [3.05, 3.63) is 0 Å². The third-order valence-corrected chi connectivity index (χ3v) is 3.35. The highest BCUT2D eigenvalue weighted by Crippen LogP contribution is 2.24. The van der Waals surface area contributed by atoms with Gasteiger partial charge < -0.3 is 15.0 Å². The van der Waals surface area contributed by atoms with Crippen LogP contribution < -0.4 is 5.32 Å². The fraction of sp³-hybridized carbons (Fsp3) is 0.900. The number of carbonyl (C=O) groups is 1. The molecule has 1 fully saturated rings. The molecule has 1 N–H and O–H groups in total. The number of halogens is 2. The zero-order valence-electron chi connectivity index (χ0n) is 9.79. The molecular weight excluding hydrogens is 251 g/mol. The Morgan fingerprint density at radius 3 is 2.44 bits per heavy atom. The monoisotopic (exact) mass is 270 g/mol. The van der Waals surface area contributed by atoms with Crippen LogP contribution in [0.15, 0.2) is 0 Å². The minimum Gasteiger partial charge on any atom is -0.381 e. The number of nitrogens with one attached hydrogen (secondary N) is 1. The van der Waals surface area contributed by atoms with Crippen molar-refractivity contribution in [1.82, 2.24) is 10.2 Å². The number of likely N-dealkylation sites (N-methyl/N-ethyl adjacent to an activating group) is 1. The number of ether oxygens (including phenoxy) is 1. The molecule has 1 aliphatic heterocycles. The number of hydrogen-bond donors (Lipinski definition) is 1. The van der Waals surface area contributed by atoms with Gasteiger partial charge in [0.25, 0.3) is 0 Å². The van der Waals surface area contributed by atoms with Crippen LogP contribution in [0.3, 0.4) is 0 Å². The van der Waals surface area contributed by atoms with Gasteiger partial charge >= 0.3 is 0 Å². The van der Waals surface area contributed by atoms with E-state index in [4.69, 9.17) is 16.3 Å². The van der Waals surface area contributed by atoms with Crippen LogP contribution in [-0.2, 0) is 9.53 Å². The van der Waals surface area contributed by atoms with Crippen LogP contribution in [0.2, 0.25) is 0 Å². The minimum atomic E-state index is -0.107. The first-order chi connectivity index (χ1) is 7.10. The zero-order chi connectivity index (χ0) is 11.3. The van der Waals surface area contributed by atoms with Crippen LogP contribution in [0.4, 0.5) is 0 Å². The lowest BCUT2D eigenvalue weighted by molar-refractivity contribution is -0.119. The highest BCUT2D eigenvalue weighted by molar-refractivity contribution is 6.27. The van der Waals surface area contributed by atoms with Crippen LogP contribution >= 0.6 is 24.0 Å². The second kappa shape index (κ2) is 7.33. The van der Waals surface area contributed by atoms with Crippen LogP contribution in [0, 0.1) is 0 Å². The van der Waals surface area contributed by atoms with E-state index in [-0.39, 0.29) is 29.7 Å². The maximum atomic E-state index is 11.1. The first kappa shape index (κ1) is 16.0. The maximum absolute atomic E-state index is 11.1. The molecule has 0 radical (unpaired) electrons. The Morgan fingerprint density at radius 1 is 1.44 bits per heavy atom. The van der Waals surface area contributed by atoms with Gasteiger partial charge in [-0.15, -0.1) is 24.0 Å². The molecule has 0 unspecified atom stereocenters. The number of nitrogens with zero attached hydrogens (tertiary/aromatic N) is 1. The Bertz CT molecular complexity index is 219. The zero-order valence-corrected chi connectivity index (χ0v) is 11.4. The smallest absolute Gasteiger partial charge is 0.234 e. The largest absolute Gasteiger partial charge is 0.381 e. The summed E-state index contributed by atoms with van der Waals surface area (Å²) in [6.07, 6.45) is 1.89. The van der Waals surface area contributed by atoms with E-state index < -0.39 is 0 Å². The average Bonchev–Trinajstić information content (AvgIpc) is 2.27. The van der Waals surface area contributed by atoms with Gasteiger partial charge in [0.1, 0.15) is 5.88 Å². The number of hydrogen-bond acceptors (Lipinski definition) is 3. The Kier molecular flexibility index (Phi) is 7.31. The summed E-state index contributed by atoms with van der Waals surface area (Å²) < 4.78 is 5.34. The number of amides is 1. The van der Waals surface area contributed by atoms with E-state index in [2.05, 4.69) is 10.2 Å². The Labute approximate surface area is 108 Å². The van der Waals surface area contributed by atoms with Crippen molar-refractivity contribution >= 4 is 29.9 Å². The Hall–Kier alpha value is -0.0300. The van der Waals surface area contributed by atoms with E-state index in [1.165, 1.54) is 0 Å². The lowest BCUT2D eigenvalue weighted by Gasteiger charge is -2.42. The summed E-state index contributed by atoms with van der Waals surface area (Å²) in [6, 6.07) is 0. The molecule has 4 nitrogen and oxygen atoms in total. The first-order valence-electron chi connectivity index (χ1n) is 5.18. The predicted octanol–water partition coefficient (Wildman–Crippen LogP) is 0.874. The molecule has 1 rings (SSSR count). The lowest BCUT2D eigenvalue weighted by Crippen LogP contribution is -2.55. The predicted molar refractivity (Wildman–Crippen MR) is 67.4 cm³/mol. The van der Waals surface area contributed by atoms with Gasteiger partial charge in [-0.05, 0) is 26.9 Å². The highest BCUT2D eigenvalue weighted by atomic mass is 35.5.